The van der Waals surface area contributed by atoms with Crippen LogP contribution in [0.25, 0.3) is 0 Å². The minimum Gasteiger partial charge on any atom is -0.468 e. The topological polar surface area (TPSA) is 29.5 Å². The van der Waals surface area contributed by atoms with E-state index in [1.807, 2.05) is 4.90 Å². The van der Waals surface area contributed by atoms with Crippen LogP contribution in [0, 0.1) is 0 Å². The molecule has 0 amide bonds. The SMILES string of the molecule is C=C1CN2C[C@@H](F)C[C@]2(C(=O)OC)C1. The van der Waals surface area contributed by atoms with Crippen LogP contribution in [-0.2, 0) is 9.53 Å². The smallest absolute Gasteiger partial charge is 0.326 e. The van der Waals surface area contributed by atoms with Crippen molar-refractivity contribution >= 4 is 5.97 Å². The van der Waals surface area contributed by atoms with Crippen LogP contribution in [-0.4, -0.2) is 42.8 Å². The highest BCUT2D eigenvalue weighted by atomic mass is 19.1. The molecular weight excluding hydrogens is 185 g/mol. The lowest BCUT2D eigenvalue weighted by atomic mass is 9.92. The van der Waals surface area contributed by atoms with Crippen molar-refractivity contribution in [3.63, 3.8) is 0 Å². The van der Waals surface area contributed by atoms with Crippen molar-refractivity contribution in [3.8, 4) is 0 Å². The van der Waals surface area contributed by atoms with Gasteiger partial charge >= 0.3 is 5.97 Å². The number of alkyl halides is 1. The molecule has 2 aliphatic heterocycles. The van der Waals surface area contributed by atoms with Gasteiger partial charge in [-0.2, -0.15) is 0 Å². The molecular formula is C10H14FNO2. The van der Waals surface area contributed by atoms with Crippen molar-refractivity contribution in [3.05, 3.63) is 12.2 Å². The van der Waals surface area contributed by atoms with Gasteiger partial charge < -0.3 is 4.74 Å². The first-order valence-corrected chi connectivity index (χ1v) is 4.73. The maximum Gasteiger partial charge on any atom is 0.326 e. The van der Waals surface area contributed by atoms with Gasteiger partial charge in [0.1, 0.15) is 11.7 Å². The van der Waals surface area contributed by atoms with Crippen LogP contribution in [0.5, 0.6) is 0 Å². The minimum absolute atomic E-state index is 0.249. The summed E-state index contributed by atoms with van der Waals surface area (Å²) in [4.78, 5) is 13.5. The normalized spacial score (nSPS) is 37.3. The zero-order chi connectivity index (χ0) is 10.3. The van der Waals surface area contributed by atoms with Crippen LogP contribution >= 0.6 is 0 Å². The number of fused-ring (bicyclic) bond motifs is 1. The highest BCUT2D eigenvalue weighted by Crippen LogP contribution is 2.42. The van der Waals surface area contributed by atoms with Crippen LogP contribution < -0.4 is 0 Å². The summed E-state index contributed by atoms with van der Waals surface area (Å²) in [5.41, 5.74) is 0.243. The number of carbonyl (C=O) groups is 1. The van der Waals surface area contributed by atoms with Gasteiger partial charge in [-0.1, -0.05) is 12.2 Å². The number of rotatable bonds is 1. The molecule has 0 aliphatic carbocycles. The average molecular weight is 199 g/mol. The first-order valence-electron chi connectivity index (χ1n) is 4.73. The van der Waals surface area contributed by atoms with Crippen LogP contribution in [0.1, 0.15) is 12.8 Å². The summed E-state index contributed by atoms with van der Waals surface area (Å²) in [5.74, 6) is -0.323. The second-order valence-electron chi connectivity index (χ2n) is 4.13. The summed E-state index contributed by atoms with van der Waals surface area (Å²) in [5, 5.41) is 0. The lowest BCUT2D eigenvalue weighted by molar-refractivity contribution is -0.151. The molecule has 2 saturated heterocycles. The van der Waals surface area contributed by atoms with Crippen molar-refractivity contribution in [2.45, 2.75) is 24.6 Å². The summed E-state index contributed by atoms with van der Waals surface area (Å²) >= 11 is 0. The van der Waals surface area contributed by atoms with Crippen molar-refractivity contribution < 1.29 is 13.9 Å². The molecule has 0 N–H and O–H groups in total. The number of halogens is 1. The molecule has 0 saturated carbocycles. The maximum atomic E-state index is 13.2. The zero-order valence-corrected chi connectivity index (χ0v) is 8.25. The lowest BCUT2D eigenvalue weighted by Crippen LogP contribution is -2.46. The second-order valence-corrected chi connectivity index (χ2v) is 4.13. The molecule has 0 aromatic heterocycles. The van der Waals surface area contributed by atoms with Gasteiger partial charge in [-0.05, 0) is 6.42 Å². The first kappa shape index (κ1) is 9.65. The van der Waals surface area contributed by atoms with Crippen LogP contribution in [0.2, 0.25) is 0 Å². The van der Waals surface area contributed by atoms with E-state index in [-0.39, 0.29) is 12.4 Å². The molecule has 3 nitrogen and oxygen atoms in total. The van der Waals surface area contributed by atoms with Gasteiger partial charge in [0.05, 0.1) is 7.11 Å². The third-order valence-corrected chi connectivity index (χ3v) is 3.11. The molecule has 0 unspecified atom stereocenters. The third-order valence-electron chi connectivity index (χ3n) is 3.11. The quantitative estimate of drug-likeness (QED) is 0.464. The van der Waals surface area contributed by atoms with Gasteiger partial charge in [-0.3, -0.25) is 9.69 Å². The van der Waals surface area contributed by atoms with Crippen molar-refractivity contribution in [1.29, 1.82) is 0 Å². The Balaban J connectivity index is 2.29. The molecule has 4 heteroatoms. The number of nitrogens with zero attached hydrogens (tertiary/aromatic N) is 1. The van der Waals surface area contributed by atoms with E-state index in [9.17, 15) is 9.18 Å². The molecule has 14 heavy (non-hydrogen) atoms. The van der Waals surface area contributed by atoms with Crippen LogP contribution in [0.15, 0.2) is 12.2 Å². The fourth-order valence-electron chi connectivity index (χ4n) is 2.59. The highest BCUT2D eigenvalue weighted by molar-refractivity contribution is 5.82. The Morgan fingerprint density at radius 3 is 3.14 bits per heavy atom. The molecule has 0 bridgehead atoms. The van der Waals surface area contributed by atoms with Gasteiger partial charge in [0.2, 0.25) is 0 Å². The van der Waals surface area contributed by atoms with Crippen molar-refractivity contribution in [2.24, 2.45) is 0 Å². The van der Waals surface area contributed by atoms with E-state index < -0.39 is 11.7 Å². The molecule has 2 aliphatic rings. The van der Waals surface area contributed by atoms with Crippen molar-refractivity contribution in [2.75, 3.05) is 20.2 Å². The zero-order valence-electron chi connectivity index (χ0n) is 8.25. The van der Waals surface area contributed by atoms with E-state index in [0.29, 0.717) is 19.5 Å². The van der Waals surface area contributed by atoms with Gasteiger partial charge in [-0.15, -0.1) is 0 Å². The summed E-state index contributed by atoms with van der Waals surface area (Å²) in [6.45, 7) is 4.80. The van der Waals surface area contributed by atoms with Crippen LogP contribution in [0.3, 0.4) is 0 Å². The Morgan fingerprint density at radius 2 is 2.50 bits per heavy atom. The first-order chi connectivity index (χ1) is 6.58. The summed E-state index contributed by atoms with van der Waals surface area (Å²) < 4.78 is 18.0. The molecule has 2 fully saturated rings. The molecule has 0 spiro atoms. The molecule has 2 atom stereocenters. The molecule has 2 rings (SSSR count). The minimum atomic E-state index is -0.915. The molecule has 0 aromatic carbocycles. The third kappa shape index (κ3) is 1.17. The lowest BCUT2D eigenvalue weighted by Gasteiger charge is -2.27. The molecule has 78 valence electrons. The fourth-order valence-corrected chi connectivity index (χ4v) is 2.59. The van der Waals surface area contributed by atoms with Crippen LogP contribution in [0.4, 0.5) is 4.39 Å². The van der Waals surface area contributed by atoms with Gasteiger partial charge in [-0.25, -0.2) is 4.39 Å². The van der Waals surface area contributed by atoms with Gasteiger partial charge in [0, 0.05) is 19.5 Å². The Labute approximate surface area is 82.5 Å². The number of carbonyl (C=O) groups excluding carboxylic acids is 1. The van der Waals surface area contributed by atoms with E-state index in [2.05, 4.69) is 6.58 Å². The van der Waals surface area contributed by atoms with E-state index in [4.69, 9.17) is 4.74 Å². The Bertz CT molecular complexity index is 292. The number of ether oxygens (including phenoxy) is 1. The summed E-state index contributed by atoms with van der Waals surface area (Å²) in [6, 6.07) is 0. The Hall–Kier alpha value is -0.900. The monoisotopic (exact) mass is 199 g/mol. The predicted molar refractivity (Wildman–Crippen MR) is 49.6 cm³/mol. The number of esters is 1. The Morgan fingerprint density at radius 1 is 1.79 bits per heavy atom. The fraction of sp³-hybridized carbons (Fsp3) is 0.700. The maximum absolute atomic E-state index is 13.2. The molecule has 2 heterocycles. The predicted octanol–water partition coefficient (Wildman–Crippen LogP) is 0.902. The summed E-state index contributed by atoms with van der Waals surface area (Å²) in [6.07, 6.45) is -0.124. The van der Waals surface area contributed by atoms with Gasteiger partial charge in [0.25, 0.3) is 0 Å². The standard InChI is InChI=1S/C10H14FNO2/c1-7-3-10(9(13)14-2)4-8(11)6-12(10)5-7/h8H,1,3-6H2,2H3/t8-,10-/m0/s1. The highest BCUT2D eigenvalue weighted by Gasteiger charge is 2.55. The molecule has 0 radical (unpaired) electrons. The second kappa shape index (κ2) is 3.05. The Kier molecular flexibility index (Phi) is 2.10. The van der Waals surface area contributed by atoms with E-state index >= 15 is 0 Å². The van der Waals surface area contributed by atoms with E-state index in [1.165, 1.54) is 7.11 Å². The number of hydrogen-bond acceptors (Lipinski definition) is 3. The number of methoxy groups -OCH3 is 1. The summed E-state index contributed by atoms with van der Waals surface area (Å²) in [7, 11) is 1.35. The van der Waals surface area contributed by atoms with E-state index in [0.717, 1.165) is 5.57 Å². The largest absolute Gasteiger partial charge is 0.468 e. The average Bonchev–Trinajstić information content (AvgIpc) is 2.55. The van der Waals surface area contributed by atoms with E-state index in [1.54, 1.807) is 0 Å². The molecule has 0 aromatic rings. The number of hydrogen-bond donors (Lipinski definition) is 0. The van der Waals surface area contributed by atoms with Crippen molar-refractivity contribution in [1.82, 2.24) is 4.90 Å². The van der Waals surface area contributed by atoms with Gasteiger partial charge in [0.15, 0.2) is 0 Å².